The average molecular weight is 474 g/mol. The summed E-state index contributed by atoms with van der Waals surface area (Å²) in [6, 6.07) is 15.3. The van der Waals surface area contributed by atoms with Crippen LogP contribution in [0.5, 0.6) is 5.75 Å². The smallest absolute Gasteiger partial charge is 0.300 e. The number of anilines is 1. The third-order valence-corrected chi connectivity index (χ3v) is 6.24. The summed E-state index contributed by atoms with van der Waals surface area (Å²) in [7, 11) is 0. The van der Waals surface area contributed by atoms with Gasteiger partial charge in [-0.25, -0.2) is 0 Å². The summed E-state index contributed by atoms with van der Waals surface area (Å²) in [6.07, 6.45) is 2.35. The van der Waals surface area contributed by atoms with E-state index in [1.807, 2.05) is 44.2 Å². The Hall–Kier alpha value is -3.80. The number of ether oxygens (including phenoxy) is 1. The van der Waals surface area contributed by atoms with Crippen LogP contribution in [-0.2, 0) is 21.4 Å². The zero-order valence-corrected chi connectivity index (χ0v) is 20.8. The molecule has 0 radical (unpaired) electrons. The van der Waals surface area contributed by atoms with Crippen LogP contribution in [0.15, 0.2) is 70.9 Å². The van der Waals surface area contributed by atoms with Crippen LogP contribution in [-0.4, -0.2) is 23.4 Å². The summed E-state index contributed by atoms with van der Waals surface area (Å²) in [4.78, 5) is 27.9. The highest BCUT2D eigenvalue weighted by molar-refractivity contribution is 6.51. The van der Waals surface area contributed by atoms with E-state index in [-0.39, 0.29) is 16.7 Å². The first-order valence-electron chi connectivity index (χ1n) is 11.9. The predicted molar refractivity (Wildman–Crippen MR) is 136 cm³/mol. The lowest BCUT2D eigenvalue weighted by molar-refractivity contribution is -0.132. The minimum absolute atomic E-state index is 0.00598. The van der Waals surface area contributed by atoms with E-state index in [1.54, 1.807) is 24.3 Å². The Kier molecular flexibility index (Phi) is 6.57. The number of aliphatic hydroxyl groups excluding tert-OH is 1. The SMILES string of the molecule is CCOc1ccc(/C(O)=C2/C(=O)C(=O)N(c3ccc(CC)cc3)C2c2ccco2)cc1C(C)(C)C. The Morgan fingerprint density at radius 1 is 1.06 bits per heavy atom. The zero-order chi connectivity index (χ0) is 25.3. The number of hydrogen-bond donors (Lipinski definition) is 1. The van der Waals surface area contributed by atoms with Crippen molar-refractivity contribution in [3.05, 3.63) is 88.9 Å². The Balaban J connectivity index is 1.89. The molecular formula is C29H31NO5. The summed E-state index contributed by atoms with van der Waals surface area (Å²) in [6.45, 7) is 10.6. The molecule has 1 aliphatic heterocycles. The van der Waals surface area contributed by atoms with Gasteiger partial charge in [0.15, 0.2) is 0 Å². The first-order valence-corrected chi connectivity index (χ1v) is 11.9. The maximum atomic E-state index is 13.3. The number of ketones is 1. The maximum absolute atomic E-state index is 13.3. The van der Waals surface area contributed by atoms with E-state index in [4.69, 9.17) is 9.15 Å². The lowest BCUT2D eigenvalue weighted by Crippen LogP contribution is -2.29. The van der Waals surface area contributed by atoms with Gasteiger partial charge in [-0.05, 0) is 66.8 Å². The second-order valence-electron chi connectivity index (χ2n) is 9.60. The molecule has 1 atom stereocenters. The van der Waals surface area contributed by atoms with Crippen molar-refractivity contribution < 1.29 is 23.8 Å². The lowest BCUT2D eigenvalue weighted by Gasteiger charge is -2.25. The topological polar surface area (TPSA) is 80.0 Å². The molecule has 2 heterocycles. The van der Waals surface area contributed by atoms with Gasteiger partial charge in [0, 0.05) is 16.8 Å². The number of benzene rings is 2. The molecule has 1 fully saturated rings. The van der Waals surface area contributed by atoms with Gasteiger partial charge < -0.3 is 14.3 Å². The van der Waals surface area contributed by atoms with Crippen molar-refractivity contribution in [3.8, 4) is 5.75 Å². The summed E-state index contributed by atoms with van der Waals surface area (Å²) in [5.74, 6) is -0.595. The first kappa shape index (κ1) is 24.3. The van der Waals surface area contributed by atoms with Gasteiger partial charge in [-0.2, -0.15) is 0 Å². The van der Waals surface area contributed by atoms with E-state index >= 15 is 0 Å². The molecule has 0 aliphatic carbocycles. The molecule has 0 saturated carbocycles. The minimum atomic E-state index is -0.887. The second kappa shape index (κ2) is 9.45. The summed E-state index contributed by atoms with van der Waals surface area (Å²) in [5.41, 5.74) is 2.73. The highest BCUT2D eigenvalue weighted by Crippen LogP contribution is 2.43. The zero-order valence-electron chi connectivity index (χ0n) is 20.8. The molecular weight excluding hydrogens is 442 g/mol. The van der Waals surface area contributed by atoms with E-state index in [0.29, 0.717) is 23.6 Å². The summed E-state index contributed by atoms with van der Waals surface area (Å²) < 4.78 is 11.4. The molecule has 182 valence electrons. The Morgan fingerprint density at radius 2 is 1.77 bits per heavy atom. The fraction of sp³-hybridized carbons (Fsp3) is 0.310. The van der Waals surface area contributed by atoms with Crippen LogP contribution >= 0.6 is 0 Å². The summed E-state index contributed by atoms with van der Waals surface area (Å²) >= 11 is 0. The molecule has 0 spiro atoms. The van der Waals surface area contributed by atoms with E-state index in [1.165, 1.54) is 11.2 Å². The molecule has 6 nitrogen and oxygen atoms in total. The monoisotopic (exact) mass is 473 g/mol. The van der Waals surface area contributed by atoms with Gasteiger partial charge in [0.1, 0.15) is 23.3 Å². The molecule has 2 aromatic carbocycles. The highest BCUT2D eigenvalue weighted by atomic mass is 16.5. The van der Waals surface area contributed by atoms with Crippen molar-refractivity contribution in [2.75, 3.05) is 11.5 Å². The molecule has 1 aliphatic rings. The van der Waals surface area contributed by atoms with Crippen molar-refractivity contribution in [3.63, 3.8) is 0 Å². The van der Waals surface area contributed by atoms with E-state index < -0.39 is 17.7 Å². The number of aryl methyl sites for hydroxylation is 1. The standard InChI is InChI=1S/C29H31NO5/c1-6-18-10-13-20(14-11-18)30-25(23-9-8-16-35-23)24(27(32)28(30)33)26(31)19-12-15-22(34-7-2)21(17-19)29(3,4)5/h8-17,25,31H,6-7H2,1-5H3/b26-24-. The van der Waals surface area contributed by atoms with Gasteiger partial charge in [-0.1, -0.05) is 39.8 Å². The number of aliphatic hydroxyl groups is 1. The lowest BCUT2D eigenvalue weighted by atomic mass is 9.84. The molecule has 4 rings (SSSR count). The molecule has 1 N–H and O–H groups in total. The Labute approximate surface area is 205 Å². The van der Waals surface area contributed by atoms with Crippen LogP contribution in [0.4, 0.5) is 5.69 Å². The van der Waals surface area contributed by atoms with Gasteiger partial charge in [0.05, 0.1) is 18.4 Å². The van der Waals surface area contributed by atoms with Gasteiger partial charge in [0.2, 0.25) is 0 Å². The highest BCUT2D eigenvalue weighted by Gasteiger charge is 2.48. The largest absolute Gasteiger partial charge is 0.507 e. The van der Waals surface area contributed by atoms with Crippen LogP contribution in [0.1, 0.15) is 63.1 Å². The van der Waals surface area contributed by atoms with Crippen molar-refractivity contribution in [1.82, 2.24) is 0 Å². The van der Waals surface area contributed by atoms with Crippen LogP contribution in [0.3, 0.4) is 0 Å². The van der Waals surface area contributed by atoms with Crippen molar-refractivity contribution in [2.24, 2.45) is 0 Å². The molecule has 35 heavy (non-hydrogen) atoms. The van der Waals surface area contributed by atoms with Crippen LogP contribution < -0.4 is 9.64 Å². The Bertz CT molecular complexity index is 1260. The number of hydrogen-bond acceptors (Lipinski definition) is 5. The molecule has 6 heteroatoms. The van der Waals surface area contributed by atoms with Gasteiger partial charge in [0.25, 0.3) is 11.7 Å². The molecule has 1 saturated heterocycles. The van der Waals surface area contributed by atoms with Gasteiger partial charge in [-0.3, -0.25) is 14.5 Å². The molecule has 1 unspecified atom stereocenters. The van der Waals surface area contributed by atoms with Crippen molar-refractivity contribution >= 4 is 23.1 Å². The van der Waals surface area contributed by atoms with E-state index in [9.17, 15) is 14.7 Å². The second-order valence-corrected chi connectivity index (χ2v) is 9.60. The maximum Gasteiger partial charge on any atom is 0.300 e. The average Bonchev–Trinajstić information content (AvgIpc) is 3.45. The molecule has 0 bridgehead atoms. The van der Waals surface area contributed by atoms with Gasteiger partial charge >= 0.3 is 0 Å². The van der Waals surface area contributed by atoms with E-state index in [0.717, 1.165) is 23.3 Å². The number of rotatable bonds is 6. The molecule has 1 amide bonds. The Morgan fingerprint density at radius 3 is 2.34 bits per heavy atom. The molecule has 3 aromatic rings. The van der Waals surface area contributed by atoms with Crippen LogP contribution in [0.25, 0.3) is 5.76 Å². The number of furan rings is 1. The first-order chi connectivity index (χ1) is 16.7. The fourth-order valence-corrected chi connectivity index (χ4v) is 4.41. The third kappa shape index (κ3) is 4.48. The number of nitrogens with zero attached hydrogens (tertiary/aromatic N) is 1. The van der Waals surface area contributed by atoms with E-state index in [2.05, 4.69) is 20.8 Å². The minimum Gasteiger partial charge on any atom is -0.507 e. The van der Waals surface area contributed by atoms with Crippen molar-refractivity contribution in [2.45, 2.75) is 52.5 Å². The van der Waals surface area contributed by atoms with Gasteiger partial charge in [-0.15, -0.1) is 0 Å². The van der Waals surface area contributed by atoms with Crippen molar-refractivity contribution in [1.29, 1.82) is 0 Å². The summed E-state index contributed by atoms with van der Waals surface area (Å²) in [5, 5.41) is 11.4. The fourth-order valence-electron chi connectivity index (χ4n) is 4.41. The van der Waals surface area contributed by atoms with Crippen LogP contribution in [0.2, 0.25) is 0 Å². The predicted octanol–water partition coefficient (Wildman–Crippen LogP) is 6.16. The number of amides is 1. The third-order valence-electron chi connectivity index (χ3n) is 6.24. The van der Waals surface area contributed by atoms with Crippen LogP contribution in [0, 0.1) is 0 Å². The quantitative estimate of drug-likeness (QED) is 0.263. The number of carbonyl (C=O) groups excluding carboxylic acids is 2. The molecule has 1 aromatic heterocycles. The number of Topliss-reactive ketones (excluding diaryl/α,β-unsaturated/α-hetero) is 1. The normalized spacial score (nSPS) is 17.7. The number of carbonyl (C=O) groups is 2.